The maximum Gasteiger partial charge on any atom is 0.0728 e. The normalized spacial score (nSPS) is 25.2. The summed E-state index contributed by atoms with van der Waals surface area (Å²) in [4.78, 5) is 2.26. The van der Waals surface area contributed by atoms with E-state index in [0.717, 1.165) is 19.1 Å². The fraction of sp³-hybridized carbons (Fsp3) is 0.500. The molecule has 0 aromatic heterocycles. The molecule has 1 saturated carbocycles. The van der Waals surface area contributed by atoms with E-state index in [9.17, 15) is 0 Å². The number of anilines is 1. The van der Waals surface area contributed by atoms with Gasteiger partial charge in [-0.15, -0.1) is 0 Å². The van der Waals surface area contributed by atoms with Crippen molar-refractivity contribution in [3.8, 4) is 0 Å². The first kappa shape index (κ1) is 11.5. The summed E-state index contributed by atoms with van der Waals surface area (Å²) in [5, 5.41) is 6.76. The average molecular weight is 255 g/mol. The van der Waals surface area contributed by atoms with Crippen molar-refractivity contribution in [2.24, 2.45) is 5.41 Å². The highest BCUT2D eigenvalue weighted by Crippen LogP contribution is 2.53. The fourth-order valence-corrected chi connectivity index (χ4v) is 3.60. The standard InChI is InChI=1S/C16H21N3/c1-6-17-12-19(7-1)15-4-2-13(3-5-15)14-8-16(9-14)10-18-11-16/h1-5,7,14,17-18H,6,8-12H2. The Labute approximate surface area is 114 Å². The maximum atomic E-state index is 3.41. The lowest BCUT2D eigenvalue weighted by atomic mass is 9.57. The molecule has 1 aromatic rings. The van der Waals surface area contributed by atoms with Gasteiger partial charge in [0.05, 0.1) is 6.67 Å². The zero-order chi connectivity index (χ0) is 12.7. The first-order valence-corrected chi connectivity index (χ1v) is 7.29. The summed E-state index contributed by atoms with van der Waals surface area (Å²) in [5.74, 6) is 0.797. The lowest BCUT2D eigenvalue weighted by Gasteiger charge is -2.54. The van der Waals surface area contributed by atoms with Crippen LogP contribution in [0.15, 0.2) is 36.5 Å². The third-order valence-corrected chi connectivity index (χ3v) is 4.88. The number of hydrogen-bond donors (Lipinski definition) is 2. The Bertz CT molecular complexity index is 479. The van der Waals surface area contributed by atoms with E-state index in [1.54, 1.807) is 0 Å². The van der Waals surface area contributed by atoms with E-state index in [2.05, 4.69) is 52.1 Å². The molecule has 1 saturated heterocycles. The molecule has 2 heterocycles. The summed E-state index contributed by atoms with van der Waals surface area (Å²) in [7, 11) is 0. The second-order valence-corrected chi connectivity index (χ2v) is 6.27. The van der Waals surface area contributed by atoms with Gasteiger partial charge in [0.25, 0.3) is 0 Å². The number of nitrogens with zero attached hydrogens (tertiary/aromatic N) is 1. The minimum Gasteiger partial charge on any atom is -0.335 e. The maximum absolute atomic E-state index is 3.41. The van der Waals surface area contributed by atoms with Crippen molar-refractivity contribution in [1.82, 2.24) is 10.6 Å². The van der Waals surface area contributed by atoms with Gasteiger partial charge in [-0.25, -0.2) is 0 Å². The van der Waals surface area contributed by atoms with E-state index in [-0.39, 0.29) is 0 Å². The van der Waals surface area contributed by atoms with Gasteiger partial charge < -0.3 is 10.2 Å². The van der Waals surface area contributed by atoms with E-state index in [0.29, 0.717) is 5.41 Å². The van der Waals surface area contributed by atoms with Gasteiger partial charge in [-0.1, -0.05) is 18.2 Å². The highest BCUT2D eigenvalue weighted by Gasteiger charge is 2.48. The first-order valence-electron chi connectivity index (χ1n) is 7.29. The molecule has 2 N–H and O–H groups in total. The third kappa shape index (κ3) is 1.97. The minimum absolute atomic E-state index is 0.670. The molecule has 4 rings (SSSR count). The van der Waals surface area contributed by atoms with Gasteiger partial charge >= 0.3 is 0 Å². The van der Waals surface area contributed by atoms with E-state index in [4.69, 9.17) is 0 Å². The summed E-state index contributed by atoms with van der Waals surface area (Å²) >= 11 is 0. The van der Waals surface area contributed by atoms with Crippen LogP contribution in [0.25, 0.3) is 0 Å². The minimum atomic E-state index is 0.670. The second kappa shape index (κ2) is 4.36. The first-order chi connectivity index (χ1) is 9.35. The van der Waals surface area contributed by atoms with Gasteiger partial charge in [0.15, 0.2) is 0 Å². The molecule has 0 amide bonds. The van der Waals surface area contributed by atoms with Gasteiger partial charge in [-0.2, -0.15) is 0 Å². The zero-order valence-electron chi connectivity index (χ0n) is 11.2. The van der Waals surface area contributed by atoms with Crippen molar-refractivity contribution in [1.29, 1.82) is 0 Å². The smallest absolute Gasteiger partial charge is 0.0728 e. The van der Waals surface area contributed by atoms with E-state index >= 15 is 0 Å². The molecule has 1 aromatic carbocycles. The summed E-state index contributed by atoms with van der Waals surface area (Å²) in [6.07, 6.45) is 7.09. The monoisotopic (exact) mass is 255 g/mol. The van der Waals surface area contributed by atoms with Crippen molar-refractivity contribution in [3.05, 3.63) is 42.1 Å². The Morgan fingerprint density at radius 2 is 1.84 bits per heavy atom. The summed E-state index contributed by atoms with van der Waals surface area (Å²) < 4.78 is 0. The molecule has 2 fully saturated rings. The molecule has 100 valence electrons. The van der Waals surface area contributed by atoms with E-state index in [1.165, 1.54) is 37.2 Å². The Balaban J connectivity index is 1.44. The molecule has 0 radical (unpaired) electrons. The van der Waals surface area contributed by atoms with Crippen molar-refractivity contribution in [2.45, 2.75) is 18.8 Å². The Morgan fingerprint density at radius 3 is 2.42 bits per heavy atom. The number of benzene rings is 1. The van der Waals surface area contributed by atoms with Crippen LogP contribution in [0.1, 0.15) is 24.3 Å². The molecule has 0 unspecified atom stereocenters. The Kier molecular flexibility index (Phi) is 2.64. The summed E-state index contributed by atoms with van der Waals surface area (Å²) in [5.41, 5.74) is 3.48. The molecule has 1 spiro atoms. The summed E-state index contributed by atoms with van der Waals surface area (Å²) in [6, 6.07) is 9.16. The zero-order valence-corrected chi connectivity index (χ0v) is 11.2. The lowest BCUT2D eigenvalue weighted by molar-refractivity contribution is 0.0363. The molecule has 3 nitrogen and oxygen atoms in total. The SMILES string of the molecule is C1=CN(c2ccc(C3CC4(CNC4)C3)cc2)CNC1. The highest BCUT2D eigenvalue weighted by atomic mass is 15.2. The van der Waals surface area contributed by atoms with E-state index < -0.39 is 0 Å². The van der Waals surface area contributed by atoms with Gasteiger partial charge in [0, 0.05) is 31.5 Å². The van der Waals surface area contributed by atoms with Crippen LogP contribution in [-0.4, -0.2) is 26.3 Å². The number of nitrogens with one attached hydrogen (secondary N) is 2. The second-order valence-electron chi connectivity index (χ2n) is 6.27. The molecular formula is C16H21N3. The van der Waals surface area contributed by atoms with Crippen molar-refractivity contribution < 1.29 is 0 Å². The lowest BCUT2D eigenvalue weighted by Crippen LogP contribution is -2.59. The van der Waals surface area contributed by atoms with Gasteiger partial charge in [-0.3, -0.25) is 5.32 Å². The molecular weight excluding hydrogens is 234 g/mol. The van der Waals surface area contributed by atoms with Gasteiger partial charge in [0.1, 0.15) is 0 Å². The van der Waals surface area contributed by atoms with Crippen LogP contribution in [0.5, 0.6) is 0 Å². The van der Waals surface area contributed by atoms with Gasteiger partial charge in [-0.05, 0) is 41.9 Å². The molecule has 0 bridgehead atoms. The molecule has 0 atom stereocenters. The molecule has 1 aliphatic carbocycles. The highest BCUT2D eigenvalue weighted by molar-refractivity contribution is 5.51. The number of hydrogen-bond acceptors (Lipinski definition) is 3. The average Bonchev–Trinajstić information content (AvgIpc) is 2.37. The molecule has 2 aliphatic heterocycles. The van der Waals surface area contributed by atoms with Crippen LogP contribution in [0.2, 0.25) is 0 Å². The predicted octanol–water partition coefficient (Wildman–Crippen LogP) is 2.03. The van der Waals surface area contributed by atoms with Crippen molar-refractivity contribution in [3.63, 3.8) is 0 Å². The van der Waals surface area contributed by atoms with E-state index in [1.807, 2.05) is 0 Å². The third-order valence-electron chi connectivity index (χ3n) is 4.88. The molecule has 19 heavy (non-hydrogen) atoms. The topological polar surface area (TPSA) is 27.3 Å². The van der Waals surface area contributed by atoms with Crippen LogP contribution in [0.3, 0.4) is 0 Å². The van der Waals surface area contributed by atoms with Crippen LogP contribution in [0.4, 0.5) is 5.69 Å². The summed E-state index contributed by atoms with van der Waals surface area (Å²) in [6.45, 7) is 4.37. The molecule has 3 heteroatoms. The van der Waals surface area contributed by atoms with Crippen LogP contribution >= 0.6 is 0 Å². The predicted molar refractivity (Wildman–Crippen MR) is 78.2 cm³/mol. The van der Waals surface area contributed by atoms with Crippen molar-refractivity contribution in [2.75, 3.05) is 31.2 Å². The fourth-order valence-electron chi connectivity index (χ4n) is 3.60. The van der Waals surface area contributed by atoms with Crippen LogP contribution in [-0.2, 0) is 0 Å². The largest absolute Gasteiger partial charge is 0.335 e. The number of rotatable bonds is 2. The molecule has 3 aliphatic rings. The van der Waals surface area contributed by atoms with Crippen molar-refractivity contribution >= 4 is 5.69 Å². The van der Waals surface area contributed by atoms with Crippen LogP contribution in [0, 0.1) is 5.41 Å². The Hall–Kier alpha value is -1.32. The Morgan fingerprint density at radius 1 is 1.05 bits per heavy atom. The quantitative estimate of drug-likeness (QED) is 0.847. The van der Waals surface area contributed by atoms with Crippen LogP contribution < -0.4 is 15.5 Å². The van der Waals surface area contributed by atoms with Gasteiger partial charge in [0.2, 0.25) is 0 Å².